The second-order valence-electron chi connectivity index (χ2n) is 7.19. The number of hydrogen-bond acceptors (Lipinski definition) is 2. The van der Waals surface area contributed by atoms with Crippen molar-refractivity contribution in [2.75, 3.05) is 33.2 Å². The molecular formula is C20H33FN4. The summed E-state index contributed by atoms with van der Waals surface area (Å²) in [4.78, 5) is 6.85. The maximum absolute atomic E-state index is 13.3. The number of aliphatic imine (C=N–C) groups is 1. The molecule has 1 aliphatic rings. The van der Waals surface area contributed by atoms with Crippen LogP contribution in [0.1, 0.15) is 43.7 Å². The van der Waals surface area contributed by atoms with Crippen molar-refractivity contribution in [2.45, 2.75) is 46.1 Å². The van der Waals surface area contributed by atoms with Gasteiger partial charge in [0.05, 0.1) is 0 Å². The molecule has 1 heterocycles. The van der Waals surface area contributed by atoms with E-state index < -0.39 is 0 Å². The maximum Gasteiger partial charge on any atom is 0.191 e. The van der Waals surface area contributed by atoms with Crippen LogP contribution in [0.4, 0.5) is 4.39 Å². The lowest BCUT2D eigenvalue weighted by atomic mass is 10.0. The molecule has 0 bridgehead atoms. The third kappa shape index (κ3) is 7.02. The summed E-state index contributed by atoms with van der Waals surface area (Å²) in [5, 5.41) is 6.64. The third-order valence-corrected chi connectivity index (χ3v) is 4.84. The zero-order valence-electron chi connectivity index (χ0n) is 15.9. The fraction of sp³-hybridized carbons (Fsp3) is 0.650. The van der Waals surface area contributed by atoms with Gasteiger partial charge in [-0.2, -0.15) is 0 Å². The minimum absolute atomic E-state index is 0.158. The molecule has 25 heavy (non-hydrogen) atoms. The van der Waals surface area contributed by atoms with Crippen LogP contribution in [-0.4, -0.2) is 44.1 Å². The molecule has 1 aromatic carbocycles. The van der Waals surface area contributed by atoms with E-state index in [2.05, 4.69) is 27.4 Å². The van der Waals surface area contributed by atoms with E-state index in [9.17, 15) is 4.39 Å². The molecule has 1 aliphatic heterocycles. The summed E-state index contributed by atoms with van der Waals surface area (Å²) in [7, 11) is 1.78. The molecule has 0 spiro atoms. The molecule has 0 radical (unpaired) electrons. The monoisotopic (exact) mass is 348 g/mol. The van der Waals surface area contributed by atoms with Crippen LogP contribution < -0.4 is 10.6 Å². The first-order chi connectivity index (χ1) is 12.1. The SMILES string of the molecule is CN=C(NCCCCN1CCCC(C)C1)NCc1ccc(F)c(C)c1. The normalized spacial score (nSPS) is 19.0. The number of nitrogens with one attached hydrogen (secondary N) is 2. The Morgan fingerprint density at radius 1 is 1.32 bits per heavy atom. The number of piperidine rings is 1. The number of nitrogens with zero attached hydrogens (tertiary/aromatic N) is 2. The molecule has 1 unspecified atom stereocenters. The second-order valence-corrected chi connectivity index (χ2v) is 7.19. The van der Waals surface area contributed by atoms with E-state index in [0.717, 1.165) is 30.4 Å². The summed E-state index contributed by atoms with van der Waals surface area (Å²) in [6.45, 7) is 9.43. The molecule has 0 saturated carbocycles. The maximum atomic E-state index is 13.3. The number of benzene rings is 1. The molecule has 4 nitrogen and oxygen atoms in total. The van der Waals surface area contributed by atoms with Gasteiger partial charge in [-0.3, -0.25) is 4.99 Å². The second kappa shape index (κ2) is 10.4. The molecule has 0 aliphatic carbocycles. The summed E-state index contributed by atoms with van der Waals surface area (Å²) in [6.07, 6.45) is 5.08. The Balaban J connectivity index is 1.61. The third-order valence-electron chi connectivity index (χ3n) is 4.84. The molecule has 140 valence electrons. The molecule has 1 atom stereocenters. The van der Waals surface area contributed by atoms with Gasteiger partial charge in [-0.25, -0.2) is 4.39 Å². The zero-order chi connectivity index (χ0) is 18.1. The summed E-state index contributed by atoms with van der Waals surface area (Å²) in [5.74, 6) is 1.49. The lowest BCUT2D eigenvalue weighted by Crippen LogP contribution is -2.38. The topological polar surface area (TPSA) is 39.7 Å². The highest BCUT2D eigenvalue weighted by atomic mass is 19.1. The average Bonchev–Trinajstić information content (AvgIpc) is 2.60. The minimum atomic E-state index is -0.158. The van der Waals surface area contributed by atoms with E-state index >= 15 is 0 Å². The first-order valence-electron chi connectivity index (χ1n) is 9.50. The Hall–Kier alpha value is -1.62. The van der Waals surface area contributed by atoms with Crippen LogP contribution in [-0.2, 0) is 6.54 Å². The van der Waals surface area contributed by atoms with Crippen molar-refractivity contribution in [3.05, 3.63) is 35.1 Å². The van der Waals surface area contributed by atoms with Crippen molar-refractivity contribution in [2.24, 2.45) is 10.9 Å². The Morgan fingerprint density at radius 2 is 2.16 bits per heavy atom. The summed E-state index contributed by atoms with van der Waals surface area (Å²) < 4.78 is 13.3. The van der Waals surface area contributed by atoms with Gasteiger partial charge in [0.1, 0.15) is 5.82 Å². The zero-order valence-corrected chi connectivity index (χ0v) is 15.9. The number of unbranched alkanes of at least 4 members (excludes halogenated alkanes) is 1. The van der Waals surface area contributed by atoms with Gasteiger partial charge in [-0.05, 0) is 68.8 Å². The molecule has 1 aromatic rings. The lowest BCUT2D eigenvalue weighted by Gasteiger charge is -2.30. The highest BCUT2D eigenvalue weighted by Crippen LogP contribution is 2.15. The van der Waals surface area contributed by atoms with Crippen LogP contribution in [0, 0.1) is 18.7 Å². The van der Waals surface area contributed by atoms with E-state index in [-0.39, 0.29) is 5.82 Å². The van der Waals surface area contributed by atoms with Gasteiger partial charge >= 0.3 is 0 Å². The molecule has 1 saturated heterocycles. The van der Waals surface area contributed by atoms with Crippen molar-refractivity contribution in [1.29, 1.82) is 0 Å². The fourth-order valence-electron chi connectivity index (χ4n) is 3.38. The number of hydrogen-bond donors (Lipinski definition) is 2. The van der Waals surface area contributed by atoms with Gasteiger partial charge in [-0.15, -0.1) is 0 Å². The largest absolute Gasteiger partial charge is 0.356 e. The molecule has 0 aromatic heterocycles. The highest BCUT2D eigenvalue weighted by molar-refractivity contribution is 5.79. The van der Waals surface area contributed by atoms with Gasteiger partial charge in [-0.1, -0.05) is 19.1 Å². The predicted molar refractivity (Wildman–Crippen MR) is 103 cm³/mol. The Kier molecular flexibility index (Phi) is 8.19. The van der Waals surface area contributed by atoms with E-state index in [1.165, 1.54) is 45.0 Å². The van der Waals surface area contributed by atoms with Crippen molar-refractivity contribution in [3.63, 3.8) is 0 Å². The van der Waals surface area contributed by atoms with Gasteiger partial charge in [0, 0.05) is 26.7 Å². The quantitative estimate of drug-likeness (QED) is 0.451. The fourth-order valence-corrected chi connectivity index (χ4v) is 3.38. The van der Waals surface area contributed by atoms with Crippen molar-refractivity contribution >= 4 is 5.96 Å². The summed E-state index contributed by atoms with van der Waals surface area (Å²) in [5.41, 5.74) is 1.73. The first-order valence-corrected chi connectivity index (χ1v) is 9.50. The summed E-state index contributed by atoms with van der Waals surface area (Å²) >= 11 is 0. The van der Waals surface area contributed by atoms with E-state index in [4.69, 9.17) is 0 Å². The van der Waals surface area contributed by atoms with E-state index in [1.54, 1.807) is 14.0 Å². The number of likely N-dealkylation sites (tertiary alicyclic amines) is 1. The average molecular weight is 349 g/mol. The van der Waals surface area contributed by atoms with Crippen LogP contribution in [0.25, 0.3) is 0 Å². The van der Waals surface area contributed by atoms with Crippen LogP contribution in [0.5, 0.6) is 0 Å². The first kappa shape index (κ1) is 19.7. The molecule has 2 N–H and O–H groups in total. The predicted octanol–water partition coefficient (Wildman–Crippen LogP) is 3.31. The van der Waals surface area contributed by atoms with Gasteiger partial charge in [0.15, 0.2) is 5.96 Å². The number of guanidine groups is 1. The molecule has 2 rings (SSSR count). The number of halogens is 1. The van der Waals surface area contributed by atoms with Crippen molar-refractivity contribution < 1.29 is 4.39 Å². The lowest BCUT2D eigenvalue weighted by molar-refractivity contribution is 0.181. The number of rotatable bonds is 7. The summed E-state index contributed by atoms with van der Waals surface area (Å²) in [6, 6.07) is 5.20. The van der Waals surface area contributed by atoms with Crippen molar-refractivity contribution in [1.82, 2.24) is 15.5 Å². The van der Waals surface area contributed by atoms with Crippen LogP contribution >= 0.6 is 0 Å². The molecule has 0 amide bonds. The minimum Gasteiger partial charge on any atom is -0.356 e. The van der Waals surface area contributed by atoms with Gasteiger partial charge in [0.2, 0.25) is 0 Å². The molecule has 1 fully saturated rings. The van der Waals surface area contributed by atoms with E-state index in [0.29, 0.717) is 12.1 Å². The Bertz CT molecular complexity index is 559. The van der Waals surface area contributed by atoms with E-state index in [1.807, 2.05) is 12.1 Å². The van der Waals surface area contributed by atoms with Gasteiger partial charge in [0.25, 0.3) is 0 Å². The standard InChI is InChI=1S/C20H33FN4/c1-16-7-6-12-25(15-16)11-5-4-10-23-20(22-3)24-14-18-8-9-19(21)17(2)13-18/h8-9,13,16H,4-7,10-12,14-15H2,1-3H3,(H2,22,23,24). The van der Waals surface area contributed by atoms with Crippen LogP contribution in [0.2, 0.25) is 0 Å². The number of aryl methyl sites for hydroxylation is 1. The van der Waals surface area contributed by atoms with Crippen molar-refractivity contribution in [3.8, 4) is 0 Å². The van der Waals surface area contributed by atoms with Crippen LogP contribution in [0.3, 0.4) is 0 Å². The van der Waals surface area contributed by atoms with Gasteiger partial charge < -0.3 is 15.5 Å². The smallest absolute Gasteiger partial charge is 0.191 e. The Morgan fingerprint density at radius 3 is 2.88 bits per heavy atom. The Labute approximate surface area is 151 Å². The van der Waals surface area contributed by atoms with Crippen LogP contribution in [0.15, 0.2) is 23.2 Å². The highest BCUT2D eigenvalue weighted by Gasteiger charge is 2.15. The molecular weight excluding hydrogens is 315 g/mol. The molecule has 5 heteroatoms.